The molecule has 0 aliphatic carbocycles. The number of hydrogen-bond acceptors (Lipinski definition) is 3. The summed E-state index contributed by atoms with van der Waals surface area (Å²) in [4.78, 5) is 13.6. The van der Waals surface area contributed by atoms with Gasteiger partial charge in [0.2, 0.25) is 5.91 Å². The molecule has 0 radical (unpaired) electrons. The monoisotopic (exact) mass is 214 g/mol. The Labute approximate surface area is 92.0 Å². The van der Waals surface area contributed by atoms with Crippen molar-refractivity contribution in [2.75, 3.05) is 39.4 Å². The third kappa shape index (κ3) is 5.74. The van der Waals surface area contributed by atoms with Gasteiger partial charge in [-0.1, -0.05) is 13.3 Å². The standard InChI is InChI=1S/C11H22N2O2/c1-2-3-4-11(14)12-5-6-13-7-9-15-10-8-13/h2-10H2,1H3,(H,12,14). The van der Waals surface area contributed by atoms with E-state index in [0.29, 0.717) is 6.42 Å². The fourth-order valence-corrected chi connectivity index (χ4v) is 1.60. The second kappa shape index (κ2) is 7.65. The van der Waals surface area contributed by atoms with Crippen LogP contribution in [0.15, 0.2) is 0 Å². The van der Waals surface area contributed by atoms with Gasteiger partial charge in [-0.15, -0.1) is 0 Å². The Morgan fingerprint density at radius 3 is 2.80 bits per heavy atom. The number of carbonyl (C=O) groups excluding carboxylic acids is 1. The van der Waals surface area contributed by atoms with E-state index in [0.717, 1.165) is 52.2 Å². The number of hydrogen-bond donors (Lipinski definition) is 1. The number of morpholine rings is 1. The minimum atomic E-state index is 0.185. The Hall–Kier alpha value is -0.610. The van der Waals surface area contributed by atoms with Crippen molar-refractivity contribution in [3.63, 3.8) is 0 Å². The second-order valence-corrected chi connectivity index (χ2v) is 3.91. The zero-order valence-electron chi connectivity index (χ0n) is 9.63. The third-order valence-corrected chi connectivity index (χ3v) is 2.61. The molecular weight excluding hydrogens is 192 g/mol. The normalized spacial score (nSPS) is 17.7. The maximum absolute atomic E-state index is 11.3. The average molecular weight is 214 g/mol. The fraction of sp³-hybridized carbons (Fsp3) is 0.909. The maximum Gasteiger partial charge on any atom is 0.220 e. The number of rotatable bonds is 6. The molecule has 1 aliphatic heterocycles. The van der Waals surface area contributed by atoms with Crippen LogP contribution in [0.4, 0.5) is 0 Å². The Morgan fingerprint density at radius 1 is 1.40 bits per heavy atom. The Morgan fingerprint density at radius 2 is 2.13 bits per heavy atom. The molecule has 4 nitrogen and oxygen atoms in total. The Balaban J connectivity index is 1.97. The number of carbonyl (C=O) groups is 1. The van der Waals surface area contributed by atoms with Crippen LogP contribution in [0.1, 0.15) is 26.2 Å². The van der Waals surface area contributed by atoms with Crippen molar-refractivity contribution in [2.24, 2.45) is 0 Å². The minimum Gasteiger partial charge on any atom is -0.379 e. The molecule has 4 heteroatoms. The number of unbranched alkanes of at least 4 members (excludes halogenated alkanes) is 1. The van der Waals surface area contributed by atoms with Crippen molar-refractivity contribution < 1.29 is 9.53 Å². The van der Waals surface area contributed by atoms with Crippen molar-refractivity contribution in [3.8, 4) is 0 Å². The van der Waals surface area contributed by atoms with Gasteiger partial charge < -0.3 is 10.1 Å². The molecule has 1 saturated heterocycles. The summed E-state index contributed by atoms with van der Waals surface area (Å²) in [5.74, 6) is 0.185. The van der Waals surface area contributed by atoms with Gasteiger partial charge in [0, 0.05) is 32.6 Å². The van der Waals surface area contributed by atoms with E-state index in [1.165, 1.54) is 0 Å². The van der Waals surface area contributed by atoms with Crippen LogP contribution in [-0.4, -0.2) is 50.2 Å². The van der Waals surface area contributed by atoms with E-state index < -0.39 is 0 Å². The van der Waals surface area contributed by atoms with Crippen LogP contribution in [0.2, 0.25) is 0 Å². The largest absolute Gasteiger partial charge is 0.379 e. The highest BCUT2D eigenvalue weighted by Crippen LogP contribution is 1.96. The van der Waals surface area contributed by atoms with E-state index in [-0.39, 0.29) is 5.91 Å². The first kappa shape index (κ1) is 12.5. The molecule has 0 atom stereocenters. The van der Waals surface area contributed by atoms with Crippen LogP contribution < -0.4 is 5.32 Å². The quantitative estimate of drug-likeness (QED) is 0.705. The lowest BCUT2D eigenvalue weighted by atomic mass is 10.2. The first-order chi connectivity index (χ1) is 7.33. The van der Waals surface area contributed by atoms with Crippen LogP contribution in [0.3, 0.4) is 0 Å². The van der Waals surface area contributed by atoms with Gasteiger partial charge in [-0.25, -0.2) is 0 Å². The predicted octanol–water partition coefficient (Wildman–Crippen LogP) is 0.625. The molecule has 0 aromatic rings. The lowest BCUT2D eigenvalue weighted by molar-refractivity contribution is -0.121. The molecule has 1 fully saturated rings. The zero-order chi connectivity index (χ0) is 10.9. The van der Waals surface area contributed by atoms with Gasteiger partial charge in [0.05, 0.1) is 13.2 Å². The van der Waals surface area contributed by atoms with Crippen LogP contribution >= 0.6 is 0 Å². The van der Waals surface area contributed by atoms with E-state index in [9.17, 15) is 4.79 Å². The van der Waals surface area contributed by atoms with Crippen LogP contribution in [-0.2, 0) is 9.53 Å². The van der Waals surface area contributed by atoms with Crippen LogP contribution in [0, 0.1) is 0 Å². The van der Waals surface area contributed by atoms with Gasteiger partial charge in [0.1, 0.15) is 0 Å². The number of nitrogens with one attached hydrogen (secondary N) is 1. The molecule has 0 saturated carbocycles. The van der Waals surface area contributed by atoms with Gasteiger partial charge in [0.15, 0.2) is 0 Å². The summed E-state index contributed by atoms with van der Waals surface area (Å²) in [6, 6.07) is 0. The molecule has 1 aliphatic rings. The molecule has 88 valence electrons. The van der Waals surface area contributed by atoms with Gasteiger partial charge in [-0.05, 0) is 6.42 Å². The summed E-state index contributed by atoms with van der Waals surface area (Å²) < 4.78 is 5.25. The number of ether oxygens (including phenoxy) is 1. The first-order valence-corrected chi connectivity index (χ1v) is 5.89. The van der Waals surface area contributed by atoms with E-state index in [1.807, 2.05) is 0 Å². The van der Waals surface area contributed by atoms with Crippen molar-refractivity contribution in [1.82, 2.24) is 10.2 Å². The van der Waals surface area contributed by atoms with Crippen LogP contribution in [0.25, 0.3) is 0 Å². The summed E-state index contributed by atoms with van der Waals surface area (Å²) in [5.41, 5.74) is 0. The Bertz CT molecular complexity index is 179. The van der Waals surface area contributed by atoms with Gasteiger partial charge in [-0.2, -0.15) is 0 Å². The second-order valence-electron chi connectivity index (χ2n) is 3.91. The number of nitrogens with zero attached hydrogens (tertiary/aromatic N) is 1. The lowest BCUT2D eigenvalue weighted by Crippen LogP contribution is -2.41. The zero-order valence-corrected chi connectivity index (χ0v) is 9.63. The maximum atomic E-state index is 11.3. The fourth-order valence-electron chi connectivity index (χ4n) is 1.60. The molecule has 1 rings (SSSR count). The first-order valence-electron chi connectivity index (χ1n) is 5.89. The number of amides is 1. The highest BCUT2D eigenvalue weighted by molar-refractivity contribution is 5.75. The van der Waals surface area contributed by atoms with Crippen molar-refractivity contribution in [3.05, 3.63) is 0 Å². The average Bonchev–Trinajstić information content (AvgIpc) is 2.28. The minimum absolute atomic E-state index is 0.185. The van der Waals surface area contributed by atoms with E-state index in [2.05, 4.69) is 17.1 Å². The summed E-state index contributed by atoms with van der Waals surface area (Å²) >= 11 is 0. The molecule has 0 bridgehead atoms. The van der Waals surface area contributed by atoms with Crippen molar-refractivity contribution in [1.29, 1.82) is 0 Å². The molecule has 1 heterocycles. The molecular formula is C11H22N2O2. The summed E-state index contributed by atoms with van der Waals surface area (Å²) in [5, 5.41) is 2.94. The predicted molar refractivity (Wildman–Crippen MR) is 59.8 cm³/mol. The molecule has 0 aromatic carbocycles. The summed E-state index contributed by atoms with van der Waals surface area (Å²) in [7, 11) is 0. The van der Waals surface area contributed by atoms with E-state index >= 15 is 0 Å². The topological polar surface area (TPSA) is 41.6 Å². The van der Waals surface area contributed by atoms with E-state index in [1.54, 1.807) is 0 Å². The van der Waals surface area contributed by atoms with Gasteiger partial charge in [0.25, 0.3) is 0 Å². The van der Waals surface area contributed by atoms with Crippen LogP contribution in [0.5, 0.6) is 0 Å². The smallest absolute Gasteiger partial charge is 0.220 e. The van der Waals surface area contributed by atoms with Crippen molar-refractivity contribution >= 4 is 5.91 Å². The molecule has 0 spiro atoms. The molecule has 1 N–H and O–H groups in total. The van der Waals surface area contributed by atoms with Gasteiger partial charge in [-0.3, -0.25) is 9.69 Å². The molecule has 15 heavy (non-hydrogen) atoms. The third-order valence-electron chi connectivity index (χ3n) is 2.61. The van der Waals surface area contributed by atoms with Crippen molar-refractivity contribution in [2.45, 2.75) is 26.2 Å². The van der Waals surface area contributed by atoms with Gasteiger partial charge >= 0.3 is 0 Å². The molecule has 1 amide bonds. The highest BCUT2D eigenvalue weighted by atomic mass is 16.5. The molecule has 0 unspecified atom stereocenters. The lowest BCUT2D eigenvalue weighted by Gasteiger charge is -2.26. The van der Waals surface area contributed by atoms with E-state index in [4.69, 9.17) is 4.74 Å². The molecule has 0 aromatic heterocycles. The summed E-state index contributed by atoms with van der Waals surface area (Å²) in [6.45, 7) is 7.44. The SMILES string of the molecule is CCCCC(=O)NCCN1CCOCC1. The summed E-state index contributed by atoms with van der Waals surface area (Å²) in [6.07, 6.45) is 2.74. The highest BCUT2D eigenvalue weighted by Gasteiger charge is 2.09. The Kier molecular flexibility index (Phi) is 6.36.